The van der Waals surface area contributed by atoms with Crippen LogP contribution in [0.25, 0.3) is 0 Å². The zero-order valence-electron chi connectivity index (χ0n) is 23.8. The van der Waals surface area contributed by atoms with E-state index < -0.39 is 34.6 Å². The van der Waals surface area contributed by atoms with E-state index in [1.807, 2.05) is 27.0 Å². The van der Waals surface area contributed by atoms with Crippen molar-refractivity contribution in [2.45, 2.75) is 95.4 Å². The number of nitrogens with one attached hydrogen (secondary N) is 1. The summed E-state index contributed by atoms with van der Waals surface area (Å²) < 4.78 is 19.9. The molecule has 212 valence electrons. The molecule has 8 rings (SSSR count). The lowest BCUT2D eigenvalue weighted by molar-refractivity contribution is -0.401. The number of aliphatic hydroxyl groups excluding tert-OH is 1. The highest BCUT2D eigenvalue weighted by atomic mass is 16.7. The molecule has 0 amide bonds. The lowest BCUT2D eigenvalue weighted by Gasteiger charge is -2.73. The molecule has 4 bridgehead atoms. The van der Waals surface area contributed by atoms with Gasteiger partial charge in [-0.2, -0.15) is 0 Å². The SMILES string of the molecule is Cc1c[nH]c(C)c1C(=O)OC(C)C1=CC[C@@]23OCCN(C)C[C@@]12CC(O)[C@]12O[C@@]4(O)CC[C@@]1(C)C(CC=C32)C4. The number of hydrogen-bond acceptors (Lipinski definition) is 7. The van der Waals surface area contributed by atoms with Crippen molar-refractivity contribution in [3.63, 3.8) is 0 Å². The third-order valence-electron chi connectivity index (χ3n) is 11.7. The lowest BCUT2D eigenvalue weighted by atomic mass is 9.41. The number of aromatic nitrogens is 1. The van der Waals surface area contributed by atoms with Crippen LogP contribution in [-0.2, 0) is 14.2 Å². The summed E-state index contributed by atoms with van der Waals surface area (Å²) in [6, 6.07) is 0. The second kappa shape index (κ2) is 8.07. The number of aryl methyl sites for hydroxylation is 2. The fourth-order valence-electron chi connectivity index (χ4n) is 9.86. The Hall–Kier alpha value is -1.97. The maximum absolute atomic E-state index is 13.3. The van der Waals surface area contributed by atoms with Gasteiger partial charge in [0.25, 0.3) is 0 Å². The van der Waals surface area contributed by atoms with Crippen LogP contribution in [0.15, 0.2) is 29.5 Å². The standard InChI is InChI=1S/C31H42N2O6/c1-18-16-32-19(2)25(18)26(35)38-20(3)22-8-9-30-23-7-6-21-14-29(36)11-10-27(21,4)31(23,39-29)24(34)15-28(22,30)17-33(5)12-13-37-30/h7-8,16,20-21,24,32,34,36H,6,9-15,17H2,1-5H3/t20?,21?,24?,27-,28-,29-,30-,31-/m0/s1. The smallest absolute Gasteiger partial charge is 0.340 e. The molecule has 8 atom stereocenters. The van der Waals surface area contributed by atoms with Gasteiger partial charge in [0.2, 0.25) is 0 Å². The molecule has 7 aliphatic rings. The highest BCUT2D eigenvalue weighted by molar-refractivity contribution is 5.92. The summed E-state index contributed by atoms with van der Waals surface area (Å²) in [5, 5.41) is 23.8. The number of aromatic amines is 1. The summed E-state index contributed by atoms with van der Waals surface area (Å²) in [5.74, 6) is -1.31. The topological polar surface area (TPSA) is 104 Å². The first-order valence-corrected chi connectivity index (χ1v) is 14.6. The van der Waals surface area contributed by atoms with Crippen molar-refractivity contribution in [1.29, 1.82) is 0 Å². The molecular weight excluding hydrogens is 496 g/mol. The summed E-state index contributed by atoms with van der Waals surface area (Å²) in [5.41, 5.74) is 1.65. The van der Waals surface area contributed by atoms with Crippen LogP contribution in [0.2, 0.25) is 0 Å². The zero-order chi connectivity index (χ0) is 27.6. The van der Waals surface area contributed by atoms with Gasteiger partial charge >= 0.3 is 5.97 Å². The summed E-state index contributed by atoms with van der Waals surface area (Å²) in [4.78, 5) is 18.7. The fourth-order valence-corrected chi connectivity index (χ4v) is 9.86. The van der Waals surface area contributed by atoms with E-state index in [1.165, 1.54) is 0 Å². The quantitative estimate of drug-likeness (QED) is 0.399. The molecule has 3 N–H and O–H groups in total. The van der Waals surface area contributed by atoms with E-state index in [2.05, 4.69) is 36.0 Å². The number of carbonyl (C=O) groups is 1. The first-order chi connectivity index (χ1) is 18.4. The molecule has 8 heteroatoms. The van der Waals surface area contributed by atoms with Gasteiger partial charge in [-0.3, -0.25) is 0 Å². The van der Waals surface area contributed by atoms with Crippen LogP contribution in [0.3, 0.4) is 0 Å². The van der Waals surface area contributed by atoms with Crippen molar-refractivity contribution < 1.29 is 29.2 Å². The van der Waals surface area contributed by atoms with Gasteiger partial charge in [0.15, 0.2) is 5.79 Å². The van der Waals surface area contributed by atoms with Crippen LogP contribution in [0, 0.1) is 30.6 Å². The van der Waals surface area contributed by atoms with E-state index in [9.17, 15) is 15.0 Å². The van der Waals surface area contributed by atoms with Gasteiger partial charge in [0, 0.05) is 48.7 Å². The van der Waals surface area contributed by atoms with Crippen molar-refractivity contribution in [3.05, 3.63) is 46.3 Å². The molecule has 4 heterocycles. The van der Waals surface area contributed by atoms with Crippen molar-refractivity contribution in [2.24, 2.45) is 16.7 Å². The van der Waals surface area contributed by atoms with Gasteiger partial charge in [-0.1, -0.05) is 19.1 Å². The molecule has 1 aromatic heterocycles. The van der Waals surface area contributed by atoms with Gasteiger partial charge in [0.1, 0.15) is 17.3 Å². The number of hydrogen-bond donors (Lipinski definition) is 3. The van der Waals surface area contributed by atoms with Crippen LogP contribution in [0.1, 0.15) is 74.0 Å². The normalized spacial score (nSPS) is 45.4. The van der Waals surface area contributed by atoms with Crippen molar-refractivity contribution in [1.82, 2.24) is 9.88 Å². The molecule has 5 fully saturated rings. The zero-order valence-corrected chi connectivity index (χ0v) is 23.8. The molecule has 2 saturated carbocycles. The average molecular weight is 539 g/mol. The molecule has 1 spiro atoms. The van der Waals surface area contributed by atoms with Gasteiger partial charge < -0.3 is 34.3 Å². The number of fused-ring (bicyclic) bond motifs is 1. The monoisotopic (exact) mass is 538 g/mol. The largest absolute Gasteiger partial charge is 0.454 e. The first-order valence-electron chi connectivity index (χ1n) is 14.6. The van der Waals surface area contributed by atoms with Gasteiger partial charge in [0.05, 0.1) is 18.3 Å². The molecule has 4 aliphatic carbocycles. The molecule has 3 aliphatic heterocycles. The highest BCUT2D eigenvalue weighted by Crippen LogP contribution is 2.74. The number of rotatable bonds is 3. The molecule has 8 nitrogen and oxygen atoms in total. The number of aliphatic hydroxyl groups is 2. The summed E-state index contributed by atoms with van der Waals surface area (Å²) in [6.07, 6.45) is 8.89. The first kappa shape index (κ1) is 26.0. The Balaban J connectivity index is 1.33. The van der Waals surface area contributed by atoms with Crippen LogP contribution in [0.4, 0.5) is 0 Å². The Labute approximate surface area is 230 Å². The average Bonchev–Trinajstić information content (AvgIpc) is 3.31. The molecule has 0 aromatic carbocycles. The Morgan fingerprint density at radius 3 is 2.79 bits per heavy atom. The van der Waals surface area contributed by atoms with Crippen LogP contribution < -0.4 is 0 Å². The fraction of sp³-hybridized carbons (Fsp3) is 0.710. The molecule has 1 aromatic rings. The molecule has 3 unspecified atom stereocenters. The van der Waals surface area contributed by atoms with Gasteiger partial charge in [-0.25, -0.2) is 4.79 Å². The molecule has 0 radical (unpaired) electrons. The van der Waals surface area contributed by atoms with Crippen molar-refractivity contribution >= 4 is 5.97 Å². The second-order valence-electron chi connectivity index (χ2n) is 13.6. The van der Waals surface area contributed by atoms with Crippen LogP contribution in [-0.4, -0.2) is 82.0 Å². The number of nitrogens with zero attached hydrogens (tertiary/aromatic N) is 1. The number of allylic oxidation sites excluding steroid dienone is 1. The van der Waals surface area contributed by atoms with E-state index in [-0.39, 0.29) is 17.3 Å². The molecule has 39 heavy (non-hydrogen) atoms. The Morgan fingerprint density at radius 2 is 2.05 bits per heavy atom. The van der Waals surface area contributed by atoms with Crippen molar-refractivity contribution in [2.75, 3.05) is 26.7 Å². The summed E-state index contributed by atoms with van der Waals surface area (Å²) >= 11 is 0. The minimum atomic E-state index is -1.22. The Morgan fingerprint density at radius 1 is 1.26 bits per heavy atom. The number of ether oxygens (including phenoxy) is 3. The third kappa shape index (κ3) is 3.05. The summed E-state index contributed by atoms with van der Waals surface area (Å²) in [6.45, 7) is 10.0. The van der Waals surface area contributed by atoms with Gasteiger partial charge in [-0.15, -0.1) is 0 Å². The van der Waals surface area contributed by atoms with E-state index in [0.717, 1.165) is 41.8 Å². The minimum Gasteiger partial charge on any atom is -0.454 e. The number of carbonyl (C=O) groups excluding carboxylic acids is 1. The van der Waals surface area contributed by atoms with E-state index >= 15 is 0 Å². The maximum Gasteiger partial charge on any atom is 0.340 e. The van der Waals surface area contributed by atoms with E-state index in [0.29, 0.717) is 44.4 Å². The lowest BCUT2D eigenvalue weighted by Crippen LogP contribution is -2.79. The van der Waals surface area contributed by atoms with E-state index in [4.69, 9.17) is 14.2 Å². The minimum absolute atomic E-state index is 0.252. The highest BCUT2D eigenvalue weighted by Gasteiger charge is 2.79. The second-order valence-corrected chi connectivity index (χ2v) is 13.6. The third-order valence-corrected chi connectivity index (χ3v) is 11.7. The summed E-state index contributed by atoms with van der Waals surface area (Å²) in [7, 11) is 2.10. The number of H-pyrrole nitrogens is 1. The maximum atomic E-state index is 13.3. The predicted molar refractivity (Wildman–Crippen MR) is 144 cm³/mol. The van der Waals surface area contributed by atoms with Crippen LogP contribution >= 0.6 is 0 Å². The Kier molecular flexibility index (Phi) is 5.37. The predicted octanol–water partition coefficient (Wildman–Crippen LogP) is 3.55. The van der Waals surface area contributed by atoms with E-state index in [1.54, 1.807) is 0 Å². The Bertz CT molecular complexity index is 1280. The molecule has 3 saturated heterocycles. The van der Waals surface area contributed by atoms with Crippen molar-refractivity contribution in [3.8, 4) is 0 Å². The molecular formula is C31H42N2O6. The number of likely N-dealkylation sites (N-methyl/N-ethyl adjacent to an activating group) is 1. The number of esters is 1. The van der Waals surface area contributed by atoms with Gasteiger partial charge in [-0.05, 0) is 76.1 Å². The van der Waals surface area contributed by atoms with Crippen LogP contribution in [0.5, 0.6) is 0 Å².